The van der Waals surface area contributed by atoms with Crippen LogP contribution >= 0.6 is 0 Å². The molecule has 0 aromatic heterocycles. The Bertz CT molecular complexity index is 525. The van der Waals surface area contributed by atoms with Crippen molar-refractivity contribution in [3.8, 4) is 0 Å². The van der Waals surface area contributed by atoms with Crippen molar-refractivity contribution in [1.82, 2.24) is 10.2 Å². The number of hydrogen-bond donors (Lipinski definition) is 1. The van der Waals surface area contributed by atoms with Crippen molar-refractivity contribution in [3.63, 3.8) is 0 Å². The molecule has 20 heavy (non-hydrogen) atoms. The Morgan fingerprint density at radius 1 is 0.950 bits per heavy atom. The summed E-state index contributed by atoms with van der Waals surface area (Å²) in [6.45, 7) is 6.39. The summed E-state index contributed by atoms with van der Waals surface area (Å²) >= 11 is 0. The van der Waals surface area contributed by atoms with Gasteiger partial charge >= 0.3 is 0 Å². The minimum atomic E-state index is 0.413. The first-order chi connectivity index (χ1) is 9.86. The fourth-order valence-corrected chi connectivity index (χ4v) is 3.01. The Labute approximate surface area is 121 Å². The molecule has 0 saturated carbocycles. The molecule has 1 aliphatic heterocycles. The number of nitrogens with zero attached hydrogens (tertiary/aromatic N) is 1. The molecule has 0 radical (unpaired) electrons. The Morgan fingerprint density at radius 3 is 2.15 bits per heavy atom. The molecule has 2 aromatic rings. The van der Waals surface area contributed by atoms with Gasteiger partial charge in [0.2, 0.25) is 0 Å². The summed E-state index contributed by atoms with van der Waals surface area (Å²) in [5.74, 6) is 0. The normalized spacial score (nSPS) is 16.1. The summed E-state index contributed by atoms with van der Waals surface area (Å²) < 4.78 is 0. The molecule has 0 saturated heterocycles. The van der Waals surface area contributed by atoms with E-state index in [1.807, 2.05) is 0 Å². The fourth-order valence-electron chi connectivity index (χ4n) is 3.01. The third-order valence-electron chi connectivity index (χ3n) is 4.00. The van der Waals surface area contributed by atoms with Crippen molar-refractivity contribution < 1.29 is 0 Å². The van der Waals surface area contributed by atoms with Crippen LogP contribution in [0.25, 0.3) is 0 Å². The number of fused-ring (bicyclic) bond motifs is 1. The number of likely N-dealkylation sites (N-methyl/N-ethyl adjacent to an activating group) is 1. The summed E-state index contributed by atoms with van der Waals surface area (Å²) in [5.41, 5.74) is 4.34. The van der Waals surface area contributed by atoms with Crippen LogP contribution in [0.1, 0.15) is 29.7 Å². The standard InChI is InChI=1S/C18H22N2/c1-2-19-18(15-8-4-3-5-9-15)14-20-12-16-10-6-7-11-17(16)13-20/h3-11,18-19H,2,12-14H2,1H3. The van der Waals surface area contributed by atoms with Gasteiger partial charge in [-0.3, -0.25) is 4.90 Å². The van der Waals surface area contributed by atoms with Crippen LogP contribution in [0.2, 0.25) is 0 Å². The summed E-state index contributed by atoms with van der Waals surface area (Å²) in [6, 6.07) is 20.0. The van der Waals surface area contributed by atoms with E-state index in [0.29, 0.717) is 6.04 Å². The molecule has 2 aromatic carbocycles. The highest BCUT2D eigenvalue weighted by Gasteiger charge is 2.21. The number of rotatable bonds is 5. The van der Waals surface area contributed by atoms with E-state index >= 15 is 0 Å². The molecule has 0 aliphatic carbocycles. The molecule has 0 amide bonds. The van der Waals surface area contributed by atoms with Crippen LogP contribution in [-0.4, -0.2) is 18.0 Å². The molecule has 2 nitrogen and oxygen atoms in total. The predicted molar refractivity (Wildman–Crippen MR) is 83.4 cm³/mol. The summed E-state index contributed by atoms with van der Waals surface area (Å²) in [4.78, 5) is 2.53. The van der Waals surface area contributed by atoms with Gasteiger partial charge in [-0.15, -0.1) is 0 Å². The third-order valence-corrected chi connectivity index (χ3v) is 4.00. The molecule has 1 N–H and O–H groups in total. The van der Waals surface area contributed by atoms with Gasteiger partial charge in [-0.2, -0.15) is 0 Å². The largest absolute Gasteiger partial charge is 0.309 e. The number of nitrogens with one attached hydrogen (secondary N) is 1. The van der Waals surface area contributed by atoms with E-state index in [4.69, 9.17) is 0 Å². The second-order valence-electron chi connectivity index (χ2n) is 5.46. The SMILES string of the molecule is CCNC(CN1Cc2ccccc2C1)c1ccccc1. The monoisotopic (exact) mass is 266 g/mol. The molecule has 1 atom stereocenters. The highest BCUT2D eigenvalue weighted by molar-refractivity contribution is 5.30. The van der Waals surface area contributed by atoms with Crippen LogP contribution in [0.4, 0.5) is 0 Å². The Morgan fingerprint density at radius 2 is 1.55 bits per heavy atom. The van der Waals surface area contributed by atoms with E-state index in [0.717, 1.165) is 26.2 Å². The zero-order valence-electron chi connectivity index (χ0n) is 12.0. The van der Waals surface area contributed by atoms with Gasteiger partial charge < -0.3 is 5.32 Å². The van der Waals surface area contributed by atoms with Crippen molar-refractivity contribution in [1.29, 1.82) is 0 Å². The molecule has 2 heteroatoms. The van der Waals surface area contributed by atoms with E-state index in [1.54, 1.807) is 0 Å². The van der Waals surface area contributed by atoms with E-state index in [-0.39, 0.29) is 0 Å². The minimum absolute atomic E-state index is 0.413. The van der Waals surface area contributed by atoms with Gasteiger partial charge in [-0.05, 0) is 23.2 Å². The first-order valence-corrected chi connectivity index (χ1v) is 7.44. The van der Waals surface area contributed by atoms with Gasteiger partial charge in [0.1, 0.15) is 0 Å². The smallest absolute Gasteiger partial charge is 0.0449 e. The lowest BCUT2D eigenvalue weighted by Crippen LogP contribution is -2.32. The highest BCUT2D eigenvalue weighted by Crippen LogP contribution is 2.24. The predicted octanol–water partition coefficient (Wildman–Crippen LogP) is 3.35. The van der Waals surface area contributed by atoms with Crippen LogP contribution in [0.15, 0.2) is 54.6 Å². The first-order valence-electron chi connectivity index (χ1n) is 7.44. The Balaban J connectivity index is 1.70. The molecule has 3 rings (SSSR count). The average Bonchev–Trinajstić information content (AvgIpc) is 2.90. The van der Waals surface area contributed by atoms with Crippen LogP contribution in [-0.2, 0) is 13.1 Å². The maximum absolute atomic E-state index is 3.61. The quantitative estimate of drug-likeness (QED) is 0.893. The van der Waals surface area contributed by atoms with E-state index in [2.05, 4.69) is 71.7 Å². The maximum atomic E-state index is 3.61. The molecule has 0 spiro atoms. The Kier molecular flexibility index (Phi) is 4.14. The van der Waals surface area contributed by atoms with Crippen LogP contribution in [0, 0.1) is 0 Å². The molecule has 1 unspecified atom stereocenters. The highest BCUT2D eigenvalue weighted by atomic mass is 15.2. The molecule has 104 valence electrons. The van der Waals surface area contributed by atoms with Gasteiger partial charge in [0.15, 0.2) is 0 Å². The van der Waals surface area contributed by atoms with Crippen molar-refractivity contribution in [2.75, 3.05) is 13.1 Å². The zero-order chi connectivity index (χ0) is 13.8. The second-order valence-corrected chi connectivity index (χ2v) is 5.46. The van der Waals surface area contributed by atoms with E-state index in [1.165, 1.54) is 16.7 Å². The van der Waals surface area contributed by atoms with Crippen LogP contribution < -0.4 is 5.32 Å². The molecule has 0 bridgehead atoms. The lowest BCUT2D eigenvalue weighted by atomic mass is 10.1. The molecular formula is C18H22N2. The average molecular weight is 266 g/mol. The summed E-state index contributed by atoms with van der Waals surface area (Å²) in [6.07, 6.45) is 0. The van der Waals surface area contributed by atoms with Gasteiger partial charge in [0, 0.05) is 25.7 Å². The van der Waals surface area contributed by atoms with Crippen LogP contribution in [0.5, 0.6) is 0 Å². The molecular weight excluding hydrogens is 244 g/mol. The summed E-state index contributed by atoms with van der Waals surface area (Å²) in [7, 11) is 0. The van der Waals surface area contributed by atoms with Gasteiger partial charge in [0.05, 0.1) is 0 Å². The third kappa shape index (κ3) is 2.92. The van der Waals surface area contributed by atoms with Crippen molar-refractivity contribution >= 4 is 0 Å². The fraction of sp³-hybridized carbons (Fsp3) is 0.333. The first kappa shape index (κ1) is 13.3. The molecule has 0 fully saturated rings. The molecule has 1 heterocycles. The number of hydrogen-bond acceptors (Lipinski definition) is 2. The lowest BCUT2D eigenvalue weighted by molar-refractivity contribution is 0.250. The lowest BCUT2D eigenvalue weighted by Gasteiger charge is -2.24. The minimum Gasteiger partial charge on any atom is -0.309 e. The van der Waals surface area contributed by atoms with Crippen molar-refractivity contribution in [2.45, 2.75) is 26.1 Å². The van der Waals surface area contributed by atoms with Crippen molar-refractivity contribution in [3.05, 3.63) is 71.3 Å². The van der Waals surface area contributed by atoms with Gasteiger partial charge in [-0.25, -0.2) is 0 Å². The van der Waals surface area contributed by atoms with E-state index in [9.17, 15) is 0 Å². The van der Waals surface area contributed by atoms with Gasteiger partial charge in [0.25, 0.3) is 0 Å². The van der Waals surface area contributed by atoms with E-state index < -0.39 is 0 Å². The zero-order valence-corrected chi connectivity index (χ0v) is 12.0. The second kappa shape index (κ2) is 6.21. The molecule has 1 aliphatic rings. The van der Waals surface area contributed by atoms with Crippen LogP contribution in [0.3, 0.4) is 0 Å². The topological polar surface area (TPSA) is 15.3 Å². The van der Waals surface area contributed by atoms with Crippen molar-refractivity contribution in [2.24, 2.45) is 0 Å². The van der Waals surface area contributed by atoms with Gasteiger partial charge in [-0.1, -0.05) is 61.5 Å². The Hall–Kier alpha value is -1.64. The number of benzene rings is 2. The maximum Gasteiger partial charge on any atom is 0.0449 e. The summed E-state index contributed by atoms with van der Waals surface area (Å²) in [5, 5.41) is 3.61.